The molecule has 1 atom stereocenters. The van der Waals surface area contributed by atoms with Crippen LogP contribution in [-0.4, -0.2) is 23.8 Å². The van der Waals surface area contributed by atoms with Crippen molar-refractivity contribution in [2.75, 3.05) is 0 Å². The minimum Gasteiger partial charge on any atom is -0.306 e. The van der Waals surface area contributed by atoms with Gasteiger partial charge >= 0.3 is 0 Å². The van der Waals surface area contributed by atoms with Gasteiger partial charge in [-0.25, -0.2) is 18.1 Å². The van der Waals surface area contributed by atoms with Crippen molar-refractivity contribution < 1.29 is 13.2 Å². The van der Waals surface area contributed by atoms with Crippen molar-refractivity contribution in [3.8, 4) is 5.69 Å². The van der Waals surface area contributed by atoms with Crippen molar-refractivity contribution in [3.05, 3.63) is 78.4 Å². The highest BCUT2D eigenvalue weighted by Crippen LogP contribution is 2.19. The van der Waals surface area contributed by atoms with Gasteiger partial charge in [0, 0.05) is 29.7 Å². The van der Waals surface area contributed by atoms with Crippen LogP contribution in [0.4, 0.5) is 0 Å². The molecular formula is C19H19N3O3S. The summed E-state index contributed by atoms with van der Waals surface area (Å²) < 4.78 is 29.6. The molecule has 7 heteroatoms. The van der Waals surface area contributed by atoms with Gasteiger partial charge in [0.2, 0.25) is 10.0 Å². The van der Waals surface area contributed by atoms with Crippen LogP contribution >= 0.6 is 0 Å². The number of hydrogen-bond donors (Lipinski definition) is 1. The molecule has 0 saturated carbocycles. The van der Waals surface area contributed by atoms with E-state index in [0.29, 0.717) is 5.56 Å². The standard InChI is InChI=1S/C19H19N3O3S/c1-14(16-3-7-18(8-4-16)22-12-11-20-13-22)21-26(24,25)19-9-5-17(6-10-19)15(2)23/h3-14,21H,1-2H3/t14-/m0/s1. The first-order valence-corrected chi connectivity index (χ1v) is 9.57. The molecule has 0 amide bonds. The Balaban J connectivity index is 1.75. The minimum atomic E-state index is -3.68. The lowest BCUT2D eigenvalue weighted by atomic mass is 10.1. The van der Waals surface area contributed by atoms with Gasteiger partial charge in [-0.2, -0.15) is 0 Å². The summed E-state index contributed by atoms with van der Waals surface area (Å²) in [5.74, 6) is -0.103. The van der Waals surface area contributed by atoms with Gasteiger partial charge in [0.25, 0.3) is 0 Å². The number of rotatable bonds is 6. The lowest BCUT2D eigenvalue weighted by Gasteiger charge is -2.15. The molecule has 0 spiro atoms. The third-order valence-electron chi connectivity index (χ3n) is 4.10. The SMILES string of the molecule is CC(=O)c1ccc(S(=O)(=O)N[C@@H](C)c2ccc(-n3ccnc3)cc2)cc1. The molecule has 1 aromatic heterocycles. The molecule has 1 N–H and O–H groups in total. The zero-order valence-corrected chi connectivity index (χ0v) is 15.3. The van der Waals surface area contributed by atoms with E-state index in [1.54, 1.807) is 19.4 Å². The summed E-state index contributed by atoms with van der Waals surface area (Å²) in [6.07, 6.45) is 5.24. The third kappa shape index (κ3) is 3.89. The molecule has 6 nitrogen and oxygen atoms in total. The van der Waals surface area contributed by atoms with Crippen LogP contribution in [0.1, 0.15) is 35.8 Å². The summed E-state index contributed by atoms with van der Waals surface area (Å²) in [5, 5.41) is 0. The molecule has 1 heterocycles. The molecule has 0 aliphatic heterocycles. The number of nitrogens with one attached hydrogen (secondary N) is 1. The van der Waals surface area contributed by atoms with Gasteiger partial charge < -0.3 is 4.57 Å². The van der Waals surface area contributed by atoms with Crippen molar-refractivity contribution in [2.45, 2.75) is 24.8 Å². The maximum Gasteiger partial charge on any atom is 0.241 e. The van der Waals surface area contributed by atoms with Gasteiger partial charge in [-0.05, 0) is 43.7 Å². The fraction of sp³-hybridized carbons (Fsp3) is 0.158. The molecule has 0 aliphatic rings. The topological polar surface area (TPSA) is 81.1 Å². The van der Waals surface area contributed by atoms with Crippen LogP contribution in [0, 0.1) is 0 Å². The number of carbonyl (C=O) groups is 1. The van der Waals surface area contributed by atoms with Crippen LogP contribution in [0.15, 0.2) is 72.1 Å². The van der Waals surface area contributed by atoms with Gasteiger partial charge in [-0.15, -0.1) is 0 Å². The largest absolute Gasteiger partial charge is 0.306 e. The average molecular weight is 369 g/mol. The number of benzene rings is 2. The van der Waals surface area contributed by atoms with Crippen molar-refractivity contribution in [1.82, 2.24) is 14.3 Å². The summed E-state index contributed by atoms with van der Waals surface area (Å²) in [5.41, 5.74) is 2.27. The van der Waals surface area contributed by atoms with E-state index < -0.39 is 16.1 Å². The van der Waals surface area contributed by atoms with Crippen LogP contribution in [0.2, 0.25) is 0 Å². The number of aromatic nitrogens is 2. The summed E-state index contributed by atoms with van der Waals surface area (Å²) in [7, 11) is -3.68. The number of hydrogen-bond acceptors (Lipinski definition) is 4. The minimum absolute atomic E-state index is 0.103. The summed E-state index contributed by atoms with van der Waals surface area (Å²) in [4.78, 5) is 15.4. The fourth-order valence-electron chi connectivity index (χ4n) is 2.58. The summed E-state index contributed by atoms with van der Waals surface area (Å²) in [6, 6.07) is 13.1. The Morgan fingerprint density at radius 2 is 1.73 bits per heavy atom. The number of ketones is 1. The van der Waals surface area contributed by atoms with Crippen molar-refractivity contribution in [2.24, 2.45) is 0 Å². The summed E-state index contributed by atoms with van der Waals surface area (Å²) >= 11 is 0. The van der Waals surface area contributed by atoms with Crippen molar-refractivity contribution >= 4 is 15.8 Å². The fourth-order valence-corrected chi connectivity index (χ4v) is 3.82. The van der Waals surface area contributed by atoms with Gasteiger partial charge in [0.05, 0.1) is 11.2 Å². The Hall–Kier alpha value is -2.77. The lowest BCUT2D eigenvalue weighted by Crippen LogP contribution is -2.26. The monoisotopic (exact) mass is 369 g/mol. The number of nitrogens with zero attached hydrogens (tertiary/aromatic N) is 2. The normalized spacial score (nSPS) is 12.7. The smallest absolute Gasteiger partial charge is 0.241 e. The predicted molar refractivity (Wildman–Crippen MR) is 98.7 cm³/mol. The van der Waals surface area contributed by atoms with Crippen LogP contribution in [0.25, 0.3) is 5.69 Å². The number of Topliss-reactive ketones (excluding diaryl/α,β-unsaturated/α-hetero) is 1. The number of sulfonamides is 1. The molecular weight excluding hydrogens is 350 g/mol. The lowest BCUT2D eigenvalue weighted by molar-refractivity contribution is 0.101. The maximum atomic E-state index is 12.5. The third-order valence-corrected chi connectivity index (χ3v) is 5.66. The maximum absolute atomic E-state index is 12.5. The van der Waals surface area contributed by atoms with Gasteiger partial charge in [0.15, 0.2) is 5.78 Å². The second-order valence-electron chi connectivity index (χ2n) is 5.99. The first kappa shape index (κ1) is 18.0. The van der Waals surface area contributed by atoms with Gasteiger partial charge in [-0.1, -0.05) is 24.3 Å². The zero-order valence-electron chi connectivity index (χ0n) is 14.5. The predicted octanol–water partition coefficient (Wildman–Crippen LogP) is 3.11. The van der Waals surface area contributed by atoms with Crippen LogP contribution < -0.4 is 4.72 Å². The first-order chi connectivity index (χ1) is 12.4. The van der Waals surface area contributed by atoms with E-state index in [1.807, 2.05) is 35.0 Å². The average Bonchev–Trinajstić information content (AvgIpc) is 3.16. The Morgan fingerprint density at radius 1 is 1.08 bits per heavy atom. The van der Waals surface area contributed by atoms with Crippen molar-refractivity contribution in [1.29, 1.82) is 0 Å². The van der Waals surface area contributed by atoms with E-state index in [0.717, 1.165) is 11.3 Å². The Bertz CT molecular complexity index is 993. The molecule has 2 aromatic carbocycles. The van der Waals surface area contributed by atoms with Crippen LogP contribution in [-0.2, 0) is 10.0 Å². The van der Waals surface area contributed by atoms with E-state index in [-0.39, 0.29) is 10.7 Å². The van der Waals surface area contributed by atoms with E-state index >= 15 is 0 Å². The highest BCUT2D eigenvalue weighted by atomic mass is 32.2. The van der Waals surface area contributed by atoms with E-state index in [4.69, 9.17) is 0 Å². The van der Waals surface area contributed by atoms with Gasteiger partial charge in [0.1, 0.15) is 0 Å². The molecule has 0 unspecified atom stereocenters. The summed E-state index contributed by atoms with van der Waals surface area (Å²) in [6.45, 7) is 3.23. The molecule has 0 bridgehead atoms. The molecule has 26 heavy (non-hydrogen) atoms. The van der Waals surface area contributed by atoms with Crippen LogP contribution in [0.3, 0.4) is 0 Å². The van der Waals surface area contributed by atoms with E-state index in [2.05, 4.69) is 9.71 Å². The highest BCUT2D eigenvalue weighted by molar-refractivity contribution is 7.89. The van der Waals surface area contributed by atoms with Crippen molar-refractivity contribution in [3.63, 3.8) is 0 Å². The molecule has 0 radical (unpaired) electrons. The Morgan fingerprint density at radius 3 is 2.27 bits per heavy atom. The molecule has 0 aliphatic carbocycles. The second-order valence-corrected chi connectivity index (χ2v) is 7.70. The quantitative estimate of drug-likeness (QED) is 0.677. The molecule has 134 valence electrons. The molecule has 0 saturated heterocycles. The molecule has 3 aromatic rings. The number of imidazole rings is 1. The second kappa shape index (κ2) is 7.23. The van der Waals surface area contributed by atoms with E-state index in [1.165, 1.54) is 31.2 Å². The Labute approximate surface area is 152 Å². The van der Waals surface area contributed by atoms with Gasteiger partial charge in [-0.3, -0.25) is 4.79 Å². The van der Waals surface area contributed by atoms with E-state index in [9.17, 15) is 13.2 Å². The van der Waals surface area contributed by atoms with Crippen LogP contribution in [0.5, 0.6) is 0 Å². The first-order valence-electron chi connectivity index (χ1n) is 8.08. The molecule has 0 fully saturated rings. The number of carbonyl (C=O) groups excluding carboxylic acids is 1. The Kier molecular flexibility index (Phi) is 5.01. The molecule has 3 rings (SSSR count). The zero-order chi connectivity index (χ0) is 18.7. The highest BCUT2D eigenvalue weighted by Gasteiger charge is 2.18.